The maximum absolute atomic E-state index is 13.9. The molecule has 10 aromatic rings. The van der Waals surface area contributed by atoms with E-state index in [1.54, 1.807) is 121 Å². The molecule has 81 heavy (non-hydrogen) atoms. The van der Waals surface area contributed by atoms with Gasteiger partial charge in [-0.1, -0.05) is 133 Å². The number of nitro groups is 2. The number of sulfonamides is 2. The maximum atomic E-state index is 13.9. The second kappa shape index (κ2) is 24.1. The van der Waals surface area contributed by atoms with Gasteiger partial charge >= 0.3 is 17.1 Å². The maximum Gasteiger partial charge on any atom is 2.00 e. The predicted octanol–water partition coefficient (Wildman–Crippen LogP) is 8.04. The Morgan fingerprint density at radius 1 is 0.481 bits per heavy atom. The van der Waals surface area contributed by atoms with Gasteiger partial charge in [-0.2, -0.15) is 10.2 Å². The van der Waals surface area contributed by atoms with Crippen LogP contribution in [-0.4, -0.2) is 90.0 Å². The van der Waals surface area contributed by atoms with Crippen LogP contribution in [0.3, 0.4) is 0 Å². The third-order valence-electron chi connectivity index (χ3n) is 11.0. The number of ketones is 2. The van der Waals surface area contributed by atoms with Gasteiger partial charge in [0, 0.05) is 56.8 Å². The van der Waals surface area contributed by atoms with Crippen molar-refractivity contribution in [2.75, 3.05) is 0 Å². The van der Waals surface area contributed by atoms with Crippen LogP contribution in [0.1, 0.15) is 52.8 Å². The Labute approximate surface area is 475 Å². The van der Waals surface area contributed by atoms with E-state index in [2.05, 4.69) is 41.2 Å². The zero-order chi connectivity index (χ0) is 56.9. The summed E-state index contributed by atoms with van der Waals surface area (Å²) in [4.78, 5) is 76.6. The van der Waals surface area contributed by atoms with Crippen molar-refractivity contribution in [2.45, 2.75) is 8.68 Å². The smallest absolute Gasteiger partial charge is 0.389 e. The molecule has 4 aromatic heterocycles. The van der Waals surface area contributed by atoms with Crippen molar-refractivity contribution in [3.63, 3.8) is 0 Å². The molecular weight excluding hydrogens is 1180 g/mol. The first-order valence-electron chi connectivity index (χ1n) is 22.6. The number of nitrogens with two attached hydrogens (primary N) is 2. The zero-order valence-electron chi connectivity index (χ0n) is 40.5. The summed E-state index contributed by atoms with van der Waals surface area (Å²) >= 11 is 0.930. The largest absolute Gasteiger partial charge is 2.00 e. The number of primary sulfonamides is 2. The molecule has 1 radical (unpaired) electrons. The number of nitrogens with zero attached hydrogens (tertiary/aromatic N) is 12. The quantitative estimate of drug-likeness (QED) is 0.0303. The Kier molecular flexibility index (Phi) is 17.1. The minimum atomic E-state index is -4.18. The molecule has 10 rings (SSSR count). The molecule has 0 fully saturated rings. The van der Waals surface area contributed by atoms with Gasteiger partial charge in [0.25, 0.3) is 31.4 Å². The minimum absolute atomic E-state index is 0. The Morgan fingerprint density at radius 2 is 0.815 bits per heavy atom. The van der Waals surface area contributed by atoms with Crippen molar-refractivity contribution < 1.29 is 62.9 Å². The fourth-order valence-corrected chi connectivity index (χ4v) is 10.2. The fraction of sp³-hybridized carbons (Fsp3) is 0. The summed E-state index contributed by atoms with van der Waals surface area (Å²) in [5.41, 5.74) is 0.824. The minimum Gasteiger partial charge on any atom is -0.389 e. The van der Waals surface area contributed by atoms with Gasteiger partial charge in [0.05, 0.1) is 43.7 Å². The van der Waals surface area contributed by atoms with Gasteiger partial charge in [0.1, 0.15) is 11.4 Å². The van der Waals surface area contributed by atoms with Crippen molar-refractivity contribution in [2.24, 2.45) is 10.3 Å². The molecule has 6 aromatic carbocycles. The number of carbonyl (C=O) groups excluding carboxylic acids is 4. The summed E-state index contributed by atoms with van der Waals surface area (Å²) in [6.07, 6.45) is 0. The van der Waals surface area contributed by atoms with Gasteiger partial charge < -0.3 is 20.8 Å². The monoisotopic (exact) mass is 1210 g/mol. The summed E-state index contributed by atoms with van der Waals surface area (Å²) in [6, 6.07) is 44.6. The number of rotatable bonds is 16. The molecule has 0 aliphatic rings. The molecule has 0 aliphatic carbocycles. The molecule has 409 valence electrons. The number of non-ortho nitro benzene ring substituents is 2. The summed E-state index contributed by atoms with van der Waals surface area (Å²) in [6.45, 7) is 0. The van der Waals surface area contributed by atoms with Gasteiger partial charge in [-0.25, -0.2) is 46.7 Å². The van der Waals surface area contributed by atoms with Crippen LogP contribution >= 0.6 is 22.7 Å². The fourth-order valence-electron chi connectivity index (χ4n) is 7.61. The number of nitro benzene ring substituents is 2. The van der Waals surface area contributed by atoms with Crippen molar-refractivity contribution in [1.29, 1.82) is 0 Å². The van der Waals surface area contributed by atoms with E-state index in [0.29, 0.717) is 33.8 Å². The SMILES string of the molecule is NS(=O)(=O)c1nnc([N-]C(=O)c2nn(-c3cccc([N+](=O)[O-])c3)c(-c3ccccc3)c2C(=O)c2ccccc2)s1.NS(=O)(=O)c1nnc([N-]C(=O)c2nn(-c3cccc([N+](=O)[O-])c3)c(-c3ccccc3)c2C(=O)c2ccccc2)s1.[Cu+2]. The first-order valence-corrected chi connectivity index (χ1v) is 27.3. The van der Waals surface area contributed by atoms with Gasteiger partial charge in [-0.05, 0) is 12.1 Å². The first-order chi connectivity index (χ1) is 38.3. The van der Waals surface area contributed by atoms with Crippen LogP contribution in [0.4, 0.5) is 21.6 Å². The van der Waals surface area contributed by atoms with Crippen LogP contribution in [0.15, 0.2) is 179 Å². The molecule has 4 heterocycles. The third kappa shape index (κ3) is 12.8. The van der Waals surface area contributed by atoms with Crippen LogP contribution in [0.25, 0.3) is 44.5 Å². The average Bonchev–Trinajstić information content (AvgIpc) is 4.50. The number of amides is 2. The van der Waals surface area contributed by atoms with E-state index >= 15 is 0 Å². The molecule has 0 atom stereocenters. The molecule has 0 saturated carbocycles. The summed E-state index contributed by atoms with van der Waals surface area (Å²) in [7, 11) is -8.36. The second-order valence-electron chi connectivity index (χ2n) is 16.3. The van der Waals surface area contributed by atoms with Crippen LogP contribution in [-0.2, 0) is 37.1 Å². The standard InChI is InChI=1S/2C25H17N7O6S2.Cu/c2*26-40(37,38)25-29-28-24(39-25)27-23(34)20-19(22(33)16-10-5-2-6-11-16)21(15-8-3-1-4-9-15)31(30-20)17-12-7-13-18(14-17)32(35)36;/h2*1-14H,(H3,26,27,28,34,37,38);/q;;+2/p-2. The molecule has 0 saturated heterocycles. The van der Waals surface area contributed by atoms with Gasteiger partial charge in [0.2, 0.25) is 8.68 Å². The Balaban J connectivity index is 0.000000210. The van der Waals surface area contributed by atoms with Gasteiger partial charge in [-0.3, -0.25) is 39.4 Å². The van der Waals surface area contributed by atoms with Crippen molar-refractivity contribution in [1.82, 2.24) is 40.0 Å². The van der Waals surface area contributed by atoms with Crippen LogP contribution in [0.5, 0.6) is 0 Å². The van der Waals surface area contributed by atoms with Crippen LogP contribution in [0, 0.1) is 20.2 Å². The van der Waals surface area contributed by atoms with E-state index in [4.69, 9.17) is 10.3 Å². The van der Waals surface area contributed by atoms with Crippen molar-refractivity contribution in [3.8, 4) is 33.9 Å². The Morgan fingerprint density at radius 3 is 1.12 bits per heavy atom. The molecular formula is C50H32CuN14O12S4. The van der Waals surface area contributed by atoms with E-state index in [-0.39, 0.29) is 95.1 Å². The topological polar surface area (TPSA) is 390 Å². The second-order valence-corrected chi connectivity index (χ2v) is 21.7. The zero-order valence-corrected chi connectivity index (χ0v) is 44.7. The van der Waals surface area contributed by atoms with Gasteiger partial charge in [0.15, 0.2) is 23.4 Å². The predicted molar refractivity (Wildman–Crippen MR) is 288 cm³/mol. The summed E-state index contributed by atoms with van der Waals surface area (Å²) < 4.78 is 47.8. The van der Waals surface area contributed by atoms with E-state index in [1.165, 1.54) is 57.9 Å². The Bertz CT molecular complexity index is 4020. The van der Waals surface area contributed by atoms with Gasteiger partial charge in [-0.15, -0.1) is 22.7 Å². The van der Waals surface area contributed by atoms with Crippen molar-refractivity contribution in [3.05, 3.63) is 234 Å². The first kappa shape index (κ1) is 57.5. The number of carbonyl (C=O) groups is 4. The molecule has 4 N–H and O–H groups in total. The number of aromatic nitrogens is 8. The molecule has 0 bridgehead atoms. The Hall–Kier alpha value is -9.72. The van der Waals surface area contributed by atoms with Crippen LogP contribution in [0.2, 0.25) is 0 Å². The van der Waals surface area contributed by atoms with Crippen LogP contribution < -0.4 is 10.3 Å². The molecule has 26 nitrogen and oxygen atoms in total. The van der Waals surface area contributed by atoms with E-state index < -0.39 is 62.0 Å². The third-order valence-corrected chi connectivity index (χ3v) is 15.3. The van der Waals surface area contributed by atoms with E-state index in [9.17, 15) is 56.2 Å². The number of hydrogen-bond donors (Lipinski definition) is 2. The molecule has 2 amide bonds. The molecule has 0 spiro atoms. The molecule has 0 aliphatic heterocycles. The van der Waals surface area contributed by atoms with Crippen molar-refractivity contribution >= 4 is 87.7 Å². The summed E-state index contributed by atoms with van der Waals surface area (Å²) in [5.74, 6) is -3.15. The molecule has 0 unspecified atom stereocenters. The van der Waals surface area contributed by atoms with E-state index in [0.717, 1.165) is 0 Å². The number of hydrogen-bond acceptors (Lipinski definition) is 20. The summed E-state index contributed by atoms with van der Waals surface area (Å²) in [5, 5.41) is 63.0. The molecule has 31 heteroatoms. The van der Waals surface area contributed by atoms with E-state index in [1.807, 2.05) is 0 Å². The number of benzene rings is 6. The normalized spacial score (nSPS) is 11.1. The average molecular weight is 1210 g/mol.